The smallest absolute Gasteiger partial charge is 0.0706 e. The third-order valence-electron chi connectivity index (χ3n) is 5.04. The van der Waals surface area contributed by atoms with Crippen LogP contribution in [0, 0.1) is 11.8 Å². The van der Waals surface area contributed by atoms with Crippen molar-refractivity contribution < 1.29 is 0 Å². The van der Waals surface area contributed by atoms with Crippen molar-refractivity contribution in [3.63, 3.8) is 0 Å². The Morgan fingerprint density at radius 1 is 1.19 bits per heavy atom. The molecule has 1 fully saturated rings. The summed E-state index contributed by atoms with van der Waals surface area (Å²) in [5, 5.41) is 1.19. The predicted octanol–water partition coefficient (Wildman–Crippen LogP) is 3.96. The molecule has 1 heterocycles. The van der Waals surface area contributed by atoms with E-state index in [4.69, 9.17) is 10.8 Å². The molecule has 3 atom stereocenters. The Kier molecular flexibility index (Phi) is 4.51. The summed E-state index contributed by atoms with van der Waals surface area (Å²) in [6.07, 6.45) is 6.48. The molecule has 3 nitrogen and oxygen atoms in total. The average molecular weight is 283 g/mol. The first-order valence-electron chi connectivity index (χ1n) is 8.15. The summed E-state index contributed by atoms with van der Waals surface area (Å²) >= 11 is 0. The number of rotatable bonds is 4. The van der Waals surface area contributed by atoms with Crippen LogP contribution < -0.4 is 11.3 Å². The summed E-state index contributed by atoms with van der Waals surface area (Å²) in [4.78, 5) is 4.85. The lowest BCUT2D eigenvalue weighted by atomic mass is 9.73. The number of benzene rings is 1. The Morgan fingerprint density at radius 3 is 2.81 bits per heavy atom. The molecule has 1 aliphatic rings. The minimum absolute atomic E-state index is 0.167. The van der Waals surface area contributed by atoms with Crippen LogP contribution in [0.4, 0.5) is 0 Å². The van der Waals surface area contributed by atoms with E-state index >= 15 is 0 Å². The van der Waals surface area contributed by atoms with Crippen molar-refractivity contribution in [2.75, 3.05) is 0 Å². The standard InChI is InChI=1S/C18H25N3/c1-2-13-7-3-5-9-15(13)18(21-19)17-12-11-14-8-4-6-10-16(14)20-17/h4,6,8,10-13,15,18,21H,2-3,5,7,9,19H2,1H3. The molecule has 2 aromatic rings. The second-order valence-corrected chi connectivity index (χ2v) is 6.19. The van der Waals surface area contributed by atoms with Crippen LogP contribution in [-0.4, -0.2) is 4.98 Å². The van der Waals surface area contributed by atoms with Crippen LogP contribution in [0.15, 0.2) is 36.4 Å². The fraction of sp³-hybridized carbons (Fsp3) is 0.500. The predicted molar refractivity (Wildman–Crippen MR) is 87.5 cm³/mol. The minimum Gasteiger partial charge on any atom is -0.271 e. The van der Waals surface area contributed by atoms with Crippen molar-refractivity contribution in [2.45, 2.75) is 45.1 Å². The third kappa shape index (κ3) is 2.94. The molecule has 3 N–H and O–H groups in total. The molecule has 0 radical (unpaired) electrons. The molecule has 1 aromatic heterocycles. The number of nitrogens with two attached hydrogens (primary N) is 1. The first-order valence-corrected chi connectivity index (χ1v) is 8.15. The lowest BCUT2D eigenvalue weighted by Gasteiger charge is -2.36. The van der Waals surface area contributed by atoms with E-state index in [0.717, 1.165) is 17.1 Å². The van der Waals surface area contributed by atoms with Gasteiger partial charge in [0.05, 0.1) is 17.3 Å². The van der Waals surface area contributed by atoms with Gasteiger partial charge in [-0.2, -0.15) is 0 Å². The number of fused-ring (bicyclic) bond motifs is 1. The van der Waals surface area contributed by atoms with Gasteiger partial charge in [0, 0.05) is 5.39 Å². The van der Waals surface area contributed by atoms with E-state index in [1.165, 1.54) is 37.5 Å². The van der Waals surface area contributed by atoms with E-state index in [-0.39, 0.29) is 6.04 Å². The number of hydrazine groups is 1. The maximum Gasteiger partial charge on any atom is 0.0706 e. The SMILES string of the molecule is CCC1CCCCC1C(NN)c1ccc2ccccc2n1. The van der Waals surface area contributed by atoms with Gasteiger partial charge in [-0.3, -0.25) is 16.3 Å². The topological polar surface area (TPSA) is 50.9 Å². The Balaban J connectivity index is 1.93. The zero-order chi connectivity index (χ0) is 14.7. The molecule has 3 heteroatoms. The minimum atomic E-state index is 0.167. The van der Waals surface area contributed by atoms with Crippen molar-refractivity contribution in [1.82, 2.24) is 10.4 Å². The van der Waals surface area contributed by atoms with Crippen LogP contribution in [0.1, 0.15) is 50.8 Å². The average Bonchev–Trinajstić information content (AvgIpc) is 2.56. The van der Waals surface area contributed by atoms with Crippen LogP contribution in [0.2, 0.25) is 0 Å². The van der Waals surface area contributed by atoms with Crippen LogP contribution in [0.5, 0.6) is 0 Å². The Labute approximate surface area is 126 Å². The molecule has 0 saturated heterocycles. The first kappa shape index (κ1) is 14.5. The van der Waals surface area contributed by atoms with Crippen LogP contribution in [-0.2, 0) is 0 Å². The largest absolute Gasteiger partial charge is 0.271 e. The highest BCUT2D eigenvalue weighted by molar-refractivity contribution is 5.78. The fourth-order valence-corrected chi connectivity index (χ4v) is 3.87. The molecule has 0 spiro atoms. The number of hydrogen-bond acceptors (Lipinski definition) is 3. The summed E-state index contributed by atoms with van der Waals surface area (Å²) in [5.41, 5.74) is 5.19. The van der Waals surface area contributed by atoms with Gasteiger partial charge in [-0.25, -0.2) is 0 Å². The van der Waals surface area contributed by atoms with Gasteiger partial charge in [0.25, 0.3) is 0 Å². The van der Waals surface area contributed by atoms with Crippen molar-refractivity contribution in [2.24, 2.45) is 17.7 Å². The second-order valence-electron chi connectivity index (χ2n) is 6.19. The molecular weight excluding hydrogens is 258 g/mol. The lowest BCUT2D eigenvalue weighted by Crippen LogP contribution is -2.38. The van der Waals surface area contributed by atoms with Gasteiger partial charge in [-0.05, 0) is 30.4 Å². The van der Waals surface area contributed by atoms with Crippen molar-refractivity contribution >= 4 is 10.9 Å². The van der Waals surface area contributed by atoms with E-state index in [0.29, 0.717) is 5.92 Å². The first-order chi connectivity index (χ1) is 10.3. The van der Waals surface area contributed by atoms with Gasteiger partial charge >= 0.3 is 0 Å². The highest BCUT2D eigenvalue weighted by Crippen LogP contribution is 2.39. The summed E-state index contributed by atoms with van der Waals surface area (Å²) in [5.74, 6) is 7.26. The summed E-state index contributed by atoms with van der Waals surface area (Å²) < 4.78 is 0. The summed E-state index contributed by atoms with van der Waals surface area (Å²) in [6, 6.07) is 12.7. The monoisotopic (exact) mass is 283 g/mol. The molecule has 1 saturated carbocycles. The van der Waals surface area contributed by atoms with Crippen molar-refractivity contribution in [3.8, 4) is 0 Å². The molecule has 0 aliphatic heterocycles. The van der Waals surface area contributed by atoms with E-state index in [1.54, 1.807) is 0 Å². The van der Waals surface area contributed by atoms with E-state index < -0.39 is 0 Å². The van der Waals surface area contributed by atoms with Gasteiger partial charge in [-0.1, -0.05) is 56.9 Å². The number of nitrogens with zero attached hydrogens (tertiary/aromatic N) is 1. The van der Waals surface area contributed by atoms with Crippen LogP contribution in [0.25, 0.3) is 10.9 Å². The molecule has 1 aromatic carbocycles. The quantitative estimate of drug-likeness (QED) is 0.659. The van der Waals surface area contributed by atoms with E-state index in [1.807, 2.05) is 6.07 Å². The van der Waals surface area contributed by atoms with Gasteiger partial charge in [0.1, 0.15) is 0 Å². The molecule has 1 aliphatic carbocycles. The molecule has 0 bridgehead atoms. The van der Waals surface area contributed by atoms with Gasteiger partial charge in [-0.15, -0.1) is 0 Å². The van der Waals surface area contributed by atoms with Gasteiger partial charge < -0.3 is 0 Å². The number of nitrogens with one attached hydrogen (secondary N) is 1. The normalized spacial score (nSPS) is 24.1. The van der Waals surface area contributed by atoms with Crippen LogP contribution in [0.3, 0.4) is 0 Å². The zero-order valence-electron chi connectivity index (χ0n) is 12.8. The third-order valence-corrected chi connectivity index (χ3v) is 5.04. The number of hydrogen-bond donors (Lipinski definition) is 2. The number of para-hydroxylation sites is 1. The number of aromatic nitrogens is 1. The molecule has 3 unspecified atom stereocenters. The van der Waals surface area contributed by atoms with Crippen molar-refractivity contribution in [3.05, 3.63) is 42.1 Å². The van der Waals surface area contributed by atoms with Gasteiger partial charge in [0.15, 0.2) is 0 Å². The highest BCUT2D eigenvalue weighted by Gasteiger charge is 2.31. The maximum absolute atomic E-state index is 5.91. The van der Waals surface area contributed by atoms with E-state index in [9.17, 15) is 0 Å². The van der Waals surface area contributed by atoms with Crippen LogP contribution >= 0.6 is 0 Å². The highest BCUT2D eigenvalue weighted by atomic mass is 15.2. The summed E-state index contributed by atoms with van der Waals surface area (Å²) in [6.45, 7) is 2.30. The second kappa shape index (κ2) is 6.54. The molecular formula is C18H25N3. The summed E-state index contributed by atoms with van der Waals surface area (Å²) in [7, 11) is 0. The Hall–Kier alpha value is -1.45. The fourth-order valence-electron chi connectivity index (χ4n) is 3.87. The molecule has 112 valence electrons. The van der Waals surface area contributed by atoms with Gasteiger partial charge in [0.2, 0.25) is 0 Å². The lowest BCUT2D eigenvalue weighted by molar-refractivity contribution is 0.174. The Bertz CT molecular complexity index is 596. The number of pyridine rings is 1. The van der Waals surface area contributed by atoms with E-state index in [2.05, 4.69) is 42.7 Å². The molecule has 0 amide bonds. The molecule has 3 rings (SSSR count). The molecule has 21 heavy (non-hydrogen) atoms. The maximum atomic E-state index is 5.91. The zero-order valence-corrected chi connectivity index (χ0v) is 12.8. The van der Waals surface area contributed by atoms with Crippen molar-refractivity contribution in [1.29, 1.82) is 0 Å². The Morgan fingerprint density at radius 2 is 2.00 bits per heavy atom.